The molecule has 0 bridgehead atoms. The lowest BCUT2D eigenvalue weighted by molar-refractivity contribution is -0.819. The third-order valence-electron chi connectivity index (χ3n) is 4.60. The molecule has 110 valence electrons. The molecule has 2 atom stereocenters. The fourth-order valence-corrected chi connectivity index (χ4v) is 4.69. The first-order chi connectivity index (χ1) is 10.7. The van der Waals surface area contributed by atoms with E-state index in [1.165, 1.54) is 31.9 Å². The van der Waals surface area contributed by atoms with Crippen LogP contribution in [-0.4, -0.2) is 12.4 Å². The van der Waals surface area contributed by atoms with Gasteiger partial charge >= 0.3 is 0 Å². The predicted molar refractivity (Wildman–Crippen MR) is 91.5 cm³/mol. The fraction of sp³-hybridized carbons (Fsp3) is 0.211. The van der Waals surface area contributed by atoms with E-state index < -0.39 is 0 Å². The van der Waals surface area contributed by atoms with Crippen LogP contribution >= 0.6 is 11.8 Å². The molecule has 0 saturated heterocycles. The molecule has 0 aliphatic carbocycles. The number of hydrogen-bond acceptors (Lipinski definition) is 1. The maximum absolute atomic E-state index is 2.29. The minimum Gasteiger partial charge on any atom is -0.292 e. The number of quaternary nitrogens is 1. The lowest BCUT2D eigenvalue weighted by atomic mass is 10.1. The summed E-state index contributed by atoms with van der Waals surface area (Å²) < 4.78 is 2.20. The number of aromatic nitrogens is 1. The third kappa shape index (κ3) is 2.21. The first-order valence-electron chi connectivity index (χ1n) is 7.70. The second kappa shape index (κ2) is 5.41. The Bertz CT molecular complexity index is 844. The summed E-state index contributed by atoms with van der Waals surface area (Å²) in [5, 5.41) is 1.92. The van der Waals surface area contributed by atoms with Gasteiger partial charge in [-0.05, 0) is 17.7 Å². The summed E-state index contributed by atoms with van der Waals surface area (Å²) in [7, 11) is 4.40. The number of nitrogens with zero attached hydrogens (tertiary/aromatic N) is 1. The van der Waals surface area contributed by atoms with E-state index in [9.17, 15) is 0 Å². The van der Waals surface area contributed by atoms with Crippen molar-refractivity contribution in [3.63, 3.8) is 0 Å². The molecule has 0 saturated carbocycles. The van der Waals surface area contributed by atoms with Crippen molar-refractivity contribution in [2.24, 2.45) is 7.05 Å². The summed E-state index contributed by atoms with van der Waals surface area (Å²) in [4.78, 5) is 2.94. The van der Waals surface area contributed by atoms with Gasteiger partial charge < -0.3 is 0 Å². The van der Waals surface area contributed by atoms with E-state index in [1.807, 2.05) is 11.8 Å². The maximum Gasteiger partial charge on any atom is 0.212 e. The molecule has 2 aromatic carbocycles. The molecule has 0 radical (unpaired) electrons. The van der Waals surface area contributed by atoms with Crippen molar-refractivity contribution in [3.05, 3.63) is 66.4 Å². The second-order valence-corrected chi connectivity index (χ2v) is 7.20. The van der Waals surface area contributed by atoms with Crippen molar-refractivity contribution in [3.8, 4) is 0 Å². The Morgan fingerprint density at radius 3 is 2.68 bits per heavy atom. The number of para-hydroxylation sites is 2. The zero-order chi connectivity index (χ0) is 15.1. The van der Waals surface area contributed by atoms with E-state index in [4.69, 9.17) is 0 Å². The maximum atomic E-state index is 2.29. The molecule has 1 N–H and O–H groups in total. The lowest BCUT2D eigenvalue weighted by Gasteiger charge is -2.16. The van der Waals surface area contributed by atoms with Gasteiger partial charge in [-0.15, -0.1) is 0 Å². The Labute approximate surface area is 135 Å². The Morgan fingerprint density at radius 2 is 1.82 bits per heavy atom. The van der Waals surface area contributed by atoms with E-state index in [-0.39, 0.29) is 0 Å². The quantitative estimate of drug-likeness (QED) is 0.715. The third-order valence-corrected chi connectivity index (χ3v) is 6.01. The van der Waals surface area contributed by atoms with Gasteiger partial charge in [0.1, 0.15) is 18.1 Å². The second-order valence-electron chi connectivity index (χ2n) is 5.96. The largest absolute Gasteiger partial charge is 0.292 e. The lowest BCUT2D eigenvalue weighted by Crippen LogP contribution is -3.06. The summed E-state index contributed by atoms with van der Waals surface area (Å²) in [5.41, 5.74) is 4.18. The minimum atomic E-state index is 0.550. The van der Waals surface area contributed by atoms with E-state index in [1.54, 1.807) is 0 Å². The first kappa shape index (κ1) is 13.8. The van der Waals surface area contributed by atoms with Gasteiger partial charge in [-0.1, -0.05) is 36.0 Å². The Balaban J connectivity index is 1.70. The smallest absolute Gasteiger partial charge is 0.212 e. The number of nitrogens with one attached hydrogen (secondary N) is 1. The highest BCUT2D eigenvalue weighted by atomic mass is 32.2. The Hall–Kier alpha value is -1.84. The molecular formula is C19H20N2S+2. The number of hydrogen-bond donors (Lipinski definition) is 1. The average molecular weight is 308 g/mol. The van der Waals surface area contributed by atoms with Crippen LogP contribution in [0.2, 0.25) is 0 Å². The van der Waals surface area contributed by atoms with Crippen LogP contribution in [0.1, 0.15) is 5.56 Å². The number of thioether (sulfide) groups is 1. The predicted octanol–water partition coefficient (Wildman–Crippen LogP) is 2.49. The highest BCUT2D eigenvalue weighted by Gasteiger charge is 2.32. The van der Waals surface area contributed by atoms with Gasteiger partial charge in [0.2, 0.25) is 5.52 Å². The van der Waals surface area contributed by atoms with Gasteiger partial charge in [0.25, 0.3) is 0 Å². The zero-order valence-corrected chi connectivity index (χ0v) is 13.7. The number of fused-ring (bicyclic) bond motifs is 2. The SMILES string of the molecule is C[n+]1ccc(CC2Sc3ccccc3[NH+]2C)c2ccccc21. The van der Waals surface area contributed by atoms with Crippen LogP contribution in [0.15, 0.2) is 65.7 Å². The number of pyridine rings is 1. The minimum absolute atomic E-state index is 0.550. The first-order valence-corrected chi connectivity index (χ1v) is 8.58. The molecule has 22 heavy (non-hydrogen) atoms. The summed E-state index contributed by atoms with van der Waals surface area (Å²) in [6.45, 7) is 0. The molecule has 0 amide bonds. The van der Waals surface area contributed by atoms with E-state index in [0.29, 0.717) is 5.37 Å². The summed E-state index contributed by atoms with van der Waals surface area (Å²) in [6.07, 6.45) is 3.27. The number of rotatable bonds is 2. The molecule has 2 heterocycles. The number of aryl methyl sites for hydroxylation is 1. The van der Waals surface area contributed by atoms with Crippen molar-refractivity contribution < 1.29 is 9.47 Å². The van der Waals surface area contributed by atoms with Crippen molar-refractivity contribution in [1.29, 1.82) is 0 Å². The van der Waals surface area contributed by atoms with Crippen molar-refractivity contribution in [2.45, 2.75) is 16.7 Å². The van der Waals surface area contributed by atoms with Crippen molar-refractivity contribution in [1.82, 2.24) is 0 Å². The van der Waals surface area contributed by atoms with Gasteiger partial charge in [0, 0.05) is 30.0 Å². The van der Waals surface area contributed by atoms with Gasteiger partial charge in [0.05, 0.1) is 11.9 Å². The molecule has 2 unspecified atom stereocenters. The van der Waals surface area contributed by atoms with Crippen LogP contribution in [0.4, 0.5) is 5.69 Å². The summed E-state index contributed by atoms with van der Waals surface area (Å²) in [5.74, 6) is 0. The molecular weight excluding hydrogens is 288 g/mol. The monoisotopic (exact) mass is 308 g/mol. The number of benzene rings is 2. The standard InChI is InChI=1S/C19H19N2S/c1-20-12-11-14(15-7-3-4-8-16(15)20)13-19-21(2)17-9-5-6-10-18(17)22-19/h3-12,19H,13H2,1-2H3/q+1/p+1. The van der Waals surface area contributed by atoms with Crippen LogP contribution < -0.4 is 9.47 Å². The van der Waals surface area contributed by atoms with Crippen LogP contribution in [0, 0.1) is 0 Å². The topological polar surface area (TPSA) is 8.32 Å². The molecule has 1 aliphatic heterocycles. The number of likely N-dealkylation sites (N-methyl/N-ethyl adjacent to an activating group) is 1. The van der Waals surface area contributed by atoms with Crippen LogP contribution in [0.5, 0.6) is 0 Å². The molecule has 2 nitrogen and oxygen atoms in total. The van der Waals surface area contributed by atoms with Gasteiger partial charge in [0.15, 0.2) is 6.20 Å². The van der Waals surface area contributed by atoms with Crippen LogP contribution in [0.25, 0.3) is 10.9 Å². The molecule has 3 heteroatoms. The van der Waals surface area contributed by atoms with Gasteiger partial charge in [-0.3, -0.25) is 4.90 Å². The van der Waals surface area contributed by atoms with Crippen molar-refractivity contribution >= 4 is 28.4 Å². The van der Waals surface area contributed by atoms with Crippen LogP contribution in [-0.2, 0) is 13.5 Å². The molecule has 4 rings (SSSR count). The fourth-order valence-electron chi connectivity index (χ4n) is 3.31. The summed E-state index contributed by atoms with van der Waals surface area (Å²) >= 11 is 2.01. The molecule has 0 fully saturated rings. The molecule has 3 aromatic rings. The summed E-state index contributed by atoms with van der Waals surface area (Å²) in [6, 6.07) is 19.7. The normalized spacial score (nSPS) is 20.3. The highest BCUT2D eigenvalue weighted by Crippen LogP contribution is 2.34. The highest BCUT2D eigenvalue weighted by molar-refractivity contribution is 8.00. The van der Waals surface area contributed by atoms with Crippen LogP contribution in [0.3, 0.4) is 0 Å². The molecule has 0 spiro atoms. The Morgan fingerprint density at radius 1 is 1.05 bits per heavy atom. The van der Waals surface area contributed by atoms with E-state index in [0.717, 1.165) is 6.42 Å². The van der Waals surface area contributed by atoms with Gasteiger partial charge in [-0.25, -0.2) is 4.57 Å². The zero-order valence-electron chi connectivity index (χ0n) is 12.9. The van der Waals surface area contributed by atoms with Crippen molar-refractivity contribution in [2.75, 3.05) is 7.05 Å². The molecule has 1 aromatic heterocycles. The van der Waals surface area contributed by atoms with E-state index in [2.05, 4.69) is 79.5 Å². The van der Waals surface area contributed by atoms with E-state index >= 15 is 0 Å². The van der Waals surface area contributed by atoms with Gasteiger partial charge in [-0.2, -0.15) is 0 Å². The molecule has 1 aliphatic rings. The average Bonchev–Trinajstić information content (AvgIpc) is 2.87. The Kier molecular flexibility index (Phi) is 3.40.